The topological polar surface area (TPSA) is 12.0 Å². The van der Waals surface area contributed by atoms with Gasteiger partial charge < -0.3 is 5.32 Å². The molecule has 1 saturated carbocycles. The van der Waals surface area contributed by atoms with Crippen molar-refractivity contribution in [3.8, 4) is 0 Å². The Hall–Kier alpha value is -1.47. The predicted molar refractivity (Wildman–Crippen MR) is 77.2 cm³/mol. The van der Waals surface area contributed by atoms with E-state index in [2.05, 4.69) is 29.6 Å². The summed E-state index contributed by atoms with van der Waals surface area (Å²) in [5.41, 5.74) is 3.89. The van der Waals surface area contributed by atoms with Gasteiger partial charge in [0, 0.05) is 17.3 Å². The maximum atomic E-state index is 5.96. The molecule has 0 bridgehead atoms. The normalized spacial score (nSPS) is 14.5. The Balaban J connectivity index is 1.67. The monoisotopic (exact) mass is 257 g/mol. The number of anilines is 1. The van der Waals surface area contributed by atoms with E-state index in [4.69, 9.17) is 11.6 Å². The van der Waals surface area contributed by atoms with Gasteiger partial charge in [0.05, 0.1) is 0 Å². The van der Waals surface area contributed by atoms with Crippen LogP contribution in [0.4, 0.5) is 5.69 Å². The van der Waals surface area contributed by atoms with Gasteiger partial charge in [-0.15, -0.1) is 0 Å². The van der Waals surface area contributed by atoms with Crippen LogP contribution in [0.25, 0.3) is 0 Å². The summed E-state index contributed by atoms with van der Waals surface area (Å²) in [7, 11) is 0. The van der Waals surface area contributed by atoms with E-state index in [-0.39, 0.29) is 0 Å². The zero-order chi connectivity index (χ0) is 12.4. The highest BCUT2D eigenvalue weighted by Gasteiger charge is 2.23. The van der Waals surface area contributed by atoms with E-state index in [9.17, 15) is 0 Å². The Morgan fingerprint density at radius 3 is 2.67 bits per heavy atom. The van der Waals surface area contributed by atoms with E-state index in [0.717, 1.165) is 23.2 Å². The second kappa shape index (κ2) is 5.03. The lowest BCUT2D eigenvalue weighted by molar-refractivity contribution is 1.09. The number of nitrogens with one attached hydrogen (secondary N) is 1. The molecule has 3 rings (SSSR count). The molecular formula is C16H16ClN. The molecule has 0 amide bonds. The molecular weight excluding hydrogens is 242 g/mol. The summed E-state index contributed by atoms with van der Waals surface area (Å²) in [5, 5.41) is 4.17. The molecule has 0 aliphatic heterocycles. The third-order valence-electron chi connectivity index (χ3n) is 3.32. The fraction of sp³-hybridized carbons (Fsp3) is 0.250. The zero-order valence-electron chi connectivity index (χ0n) is 10.2. The van der Waals surface area contributed by atoms with Crippen LogP contribution in [-0.4, -0.2) is 0 Å². The number of hydrogen-bond donors (Lipinski definition) is 1. The minimum Gasteiger partial charge on any atom is -0.381 e. The molecule has 1 N–H and O–H groups in total. The standard InChI is InChI=1S/C16H16ClN/c17-15-5-2-6-16(10-15)18-11-12-3-1-4-14(9-12)13-7-8-13/h1-6,9-10,13,18H,7-8,11H2. The van der Waals surface area contributed by atoms with Crippen LogP contribution in [-0.2, 0) is 6.54 Å². The summed E-state index contributed by atoms with van der Waals surface area (Å²) in [4.78, 5) is 0. The van der Waals surface area contributed by atoms with Gasteiger partial charge >= 0.3 is 0 Å². The van der Waals surface area contributed by atoms with Crippen LogP contribution in [0.1, 0.15) is 29.9 Å². The van der Waals surface area contributed by atoms with Crippen molar-refractivity contribution in [3.05, 3.63) is 64.7 Å². The van der Waals surface area contributed by atoms with Gasteiger partial charge in [0.1, 0.15) is 0 Å². The van der Waals surface area contributed by atoms with Crippen molar-refractivity contribution < 1.29 is 0 Å². The highest BCUT2D eigenvalue weighted by molar-refractivity contribution is 6.30. The van der Waals surface area contributed by atoms with Crippen molar-refractivity contribution in [2.24, 2.45) is 0 Å². The summed E-state index contributed by atoms with van der Waals surface area (Å²) in [6.45, 7) is 0.848. The molecule has 0 unspecified atom stereocenters. The minimum absolute atomic E-state index is 0.770. The van der Waals surface area contributed by atoms with E-state index in [1.807, 2.05) is 24.3 Å². The molecule has 2 aromatic rings. The van der Waals surface area contributed by atoms with E-state index in [1.54, 1.807) is 0 Å². The molecule has 1 fully saturated rings. The van der Waals surface area contributed by atoms with E-state index >= 15 is 0 Å². The number of halogens is 1. The number of benzene rings is 2. The lowest BCUT2D eigenvalue weighted by atomic mass is 10.1. The molecule has 1 aliphatic carbocycles. The van der Waals surface area contributed by atoms with Crippen LogP contribution in [0.2, 0.25) is 5.02 Å². The Kier molecular flexibility index (Phi) is 3.24. The third kappa shape index (κ3) is 2.85. The maximum Gasteiger partial charge on any atom is 0.0426 e. The van der Waals surface area contributed by atoms with Crippen LogP contribution in [0, 0.1) is 0 Å². The first kappa shape index (κ1) is 11.6. The van der Waals surface area contributed by atoms with Gasteiger partial charge in [-0.2, -0.15) is 0 Å². The lowest BCUT2D eigenvalue weighted by Gasteiger charge is -2.08. The molecule has 0 spiro atoms. The molecule has 92 valence electrons. The van der Waals surface area contributed by atoms with E-state index < -0.39 is 0 Å². The Morgan fingerprint density at radius 1 is 1.06 bits per heavy atom. The van der Waals surface area contributed by atoms with Crippen LogP contribution < -0.4 is 5.32 Å². The first-order valence-electron chi connectivity index (χ1n) is 6.39. The van der Waals surface area contributed by atoms with E-state index in [0.29, 0.717) is 0 Å². The summed E-state index contributed by atoms with van der Waals surface area (Å²) < 4.78 is 0. The average Bonchev–Trinajstić information content (AvgIpc) is 3.21. The van der Waals surface area contributed by atoms with Crippen LogP contribution in [0.5, 0.6) is 0 Å². The second-order valence-electron chi connectivity index (χ2n) is 4.88. The molecule has 1 aliphatic rings. The molecule has 0 heterocycles. The van der Waals surface area contributed by atoms with Crippen molar-refractivity contribution in [2.45, 2.75) is 25.3 Å². The fourth-order valence-electron chi connectivity index (χ4n) is 2.18. The van der Waals surface area contributed by atoms with Gasteiger partial charge in [-0.3, -0.25) is 0 Å². The van der Waals surface area contributed by atoms with Crippen LogP contribution in [0.15, 0.2) is 48.5 Å². The van der Waals surface area contributed by atoms with Crippen molar-refractivity contribution in [2.75, 3.05) is 5.32 Å². The van der Waals surface area contributed by atoms with Gasteiger partial charge in [-0.1, -0.05) is 41.9 Å². The molecule has 18 heavy (non-hydrogen) atoms. The van der Waals surface area contributed by atoms with Gasteiger partial charge in [0.25, 0.3) is 0 Å². The van der Waals surface area contributed by atoms with Gasteiger partial charge in [-0.25, -0.2) is 0 Å². The Labute approximate surface area is 113 Å². The van der Waals surface area contributed by atoms with Gasteiger partial charge in [0.2, 0.25) is 0 Å². The largest absolute Gasteiger partial charge is 0.381 e. The Morgan fingerprint density at radius 2 is 1.89 bits per heavy atom. The predicted octanol–water partition coefficient (Wildman–Crippen LogP) is 4.83. The quantitative estimate of drug-likeness (QED) is 0.827. The Bertz CT molecular complexity index is 546. The maximum absolute atomic E-state index is 5.96. The smallest absolute Gasteiger partial charge is 0.0426 e. The number of rotatable bonds is 4. The molecule has 2 heteroatoms. The second-order valence-corrected chi connectivity index (χ2v) is 5.32. The SMILES string of the molecule is Clc1cccc(NCc2cccc(C3CC3)c2)c1. The molecule has 2 aromatic carbocycles. The van der Waals surface area contributed by atoms with Gasteiger partial charge in [-0.05, 0) is 48.1 Å². The fourth-order valence-corrected chi connectivity index (χ4v) is 2.37. The highest BCUT2D eigenvalue weighted by atomic mass is 35.5. The lowest BCUT2D eigenvalue weighted by Crippen LogP contribution is -1.99. The van der Waals surface area contributed by atoms with Crippen LogP contribution >= 0.6 is 11.6 Å². The third-order valence-corrected chi connectivity index (χ3v) is 3.56. The number of hydrogen-bond acceptors (Lipinski definition) is 1. The molecule has 1 nitrogen and oxygen atoms in total. The van der Waals surface area contributed by atoms with Crippen molar-refractivity contribution in [1.82, 2.24) is 0 Å². The summed E-state index contributed by atoms with van der Waals surface area (Å²) in [5.74, 6) is 0.816. The van der Waals surface area contributed by atoms with Gasteiger partial charge in [0.15, 0.2) is 0 Å². The molecule has 0 saturated heterocycles. The summed E-state index contributed by atoms with van der Waals surface area (Å²) in [6, 6.07) is 16.7. The molecule has 0 atom stereocenters. The van der Waals surface area contributed by atoms with Crippen molar-refractivity contribution in [1.29, 1.82) is 0 Å². The van der Waals surface area contributed by atoms with Crippen molar-refractivity contribution >= 4 is 17.3 Å². The summed E-state index contributed by atoms with van der Waals surface area (Å²) in [6.07, 6.45) is 2.70. The first-order chi connectivity index (χ1) is 8.81. The van der Waals surface area contributed by atoms with E-state index in [1.165, 1.54) is 24.0 Å². The zero-order valence-corrected chi connectivity index (χ0v) is 11.0. The van der Waals surface area contributed by atoms with Crippen molar-refractivity contribution in [3.63, 3.8) is 0 Å². The molecule has 0 aromatic heterocycles. The van der Waals surface area contributed by atoms with Crippen LogP contribution in [0.3, 0.4) is 0 Å². The first-order valence-corrected chi connectivity index (χ1v) is 6.77. The minimum atomic E-state index is 0.770. The molecule has 0 radical (unpaired) electrons. The average molecular weight is 258 g/mol. The summed E-state index contributed by atoms with van der Waals surface area (Å²) >= 11 is 5.96. The highest BCUT2D eigenvalue weighted by Crippen LogP contribution is 2.40.